The molecule has 0 radical (unpaired) electrons. The number of hydrogen-bond donors (Lipinski definition) is 1. The van der Waals surface area contributed by atoms with Crippen molar-refractivity contribution in [2.24, 2.45) is 0 Å². The molecule has 2 heterocycles. The van der Waals surface area contributed by atoms with Crippen LogP contribution in [0, 0.1) is 5.82 Å². The second-order valence-corrected chi connectivity index (χ2v) is 6.86. The molecule has 1 aromatic carbocycles. The first-order valence-electron chi connectivity index (χ1n) is 5.07. The molecule has 1 aliphatic heterocycles. The van der Waals surface area contributed by atoms with Crippen LogP contribution in [0.25, 0.3) is 0 Å². The maximum atomic E-state index is 13.2. The van der Waals surface area contributed by atoms with Gasteiger partial charge < -0.3 is 5.11 Å². The second kappa shape index (κ2) is 4.28. The van der Waals surface area contributed by atoms with Gasteiger partial charge in [0.15, 0.2) is 0 Å². The maximum absolute atomic E-state index is 13.2. The van der Waals surface area contributed by atoms with Crippen LogP contribution in [0.1, 0.15) is 17.2 Å². The molecule has 3 rings (SSSR count). The van der Waals surface area contributed by atoms with Crippen molar-refractivity contribution in [3.05, 3.63) is 45.5 Å². The highest BCUT2D eigenvalue weighted by molar-refractivity contribution is 8.01. The zero-order valence-electron chi connectivity index (χ0n) is 8.61. The highest BCUT2D eigenvalue weighted by Crippen LogP contribution is 2.46. The Bertz CT molecular complexity index is 582. The molecule has 1 unspecified atom stereocenters. The summed E-state index contributed by atoms with van der Waals surface area (Å²) < 4.78 is 14.8. The van der Waals surface area contributed by atoms with Crippen LogP contribution >= 0.6 is 34.7 Å². The van der Waals surface area contributed by atoms with Crippen molar-refractivity contribution in [2.45, 2.75) is 21.6 Å². The van der Waals surface area contributed by atoms with E-state index < -0.39 is 6.10 Å². The van der Waals surface area contributed by atoms with E-state index in [9.17, 15) is 9.50 Å². The monoisotopic (exact) mass is 286 g/mol. The first-order chi connectivity index (χ1) is 8.13. The van der Waals surface area contributed by atoms with Crippen molar-refractivity contribution >= 4 is 34.7 Å². The SMILES string of the molecule is OC1Cc2ccc(F)cc2Sc2sc(Cl)cc21. The van der Waals surface area contributed by atoms with Gasteiger partial charge in [-0.05, 0) is 23.8 Å². The van der Waals surface area contributed by atoms with Gasteiger partial charge in [-0.25, -0.2) is 4.39 Å². The molecule has 5 heteroatoms. The third-order valence-corrected chi connectivity index (χ3v) is 5.29. The molecular weight excluding hydrogens is 279 g/mol. The van der Waals surface area contributed by atoms with Crippen molar-refractivity contribution in [3.63, 3.8) is 0 Å². The van der Waals surface area contributed by atoms with Gasteiger partial charge in [0.25, 0.3) is 0 Å². The Morgan fingerprint density at radius 2 is 2.18 bits per heavy atom. The first-order valence-corrected chi connectivity index (χ1v) is 7.08. The van der Waals surface area contributed by atoms with Crippen molar-refractivity contribution in [3.8, 4) is 0 Å². The molecule has 1 aliphatic rings. The Morgan fingerprint density at radius 1 is 1.35 bits per heavy atom. The van der Waals surface area contributed by atoms with E-state index in [2.05, 4.69) is 0 Å². The number of aliphatic hydroxyl groups is 1. The first kappa shape index (κ1) is 11.5. The minimum absolute atomic E-state index is 0.253. The fraction of sp³-hybridized carbons (Fsp3) is 0.167. The van der Waals surface area contributed by atoms with Crippen molar-refractivity contribution in [1.82, 2.24) is 0 Å². The molecule has 1 atom stereocenters. The van der Waals surface area contributed by atoms with Gasteiger partial charge in [0, 0.05) is 16.9 Å². The Balaban J connectivity index is 2.13. The summed E-state index contributed by atoms with van der Waals surface area (Å²) in [5.41, 5.74) is 1.82. The van der Waals surface area contributed by atoms with Gasteiger partial charge in [0.05, 0.1) is 14.6 Å². The van der Waals surface area contributed by atoms with Crippen LogP contribution in [-0.2, 0) is 6.42 Å². The fourth-order valence-corrected chi connectivity index (χ4v) is 4.71. The summed E-state index contributed by atoms with van der Waals surface area (Å²) in [5.74, 6) is -0.253. The zero-order chi connectivity index (χ0) is 12.0. The number of thiophene rings is 1. The lowest BCUT2D eigenvalue weighted by atomic mass is 10.0. The molecule has 0 aliphatic carbocycles. The molecule has 17 heavy (non-hydrogen) atoms. The van der Waals surface area contributed by atoms with Gasteiger partial charge in [-0.3, -0.25) is 0 Å². The van der Waals surface area contributed by atoms with Crippen LogP contribution in [-0.4, -0.2) is 5.11 Å². The predicted molar refractivity (Wildman–Crippen MR) is 68.5 cm³/mol. The molecule has 88 valence electrons. The quantitative estimate of drug-likeness (QED) is 0.780. The predicted octanol–water partition coefficient (Wildman–Crippen LogP) is 4.28. The van der Waals surface area contributed by atoms with Crippen molar-refractivity contribution < 1.29 is 9.50 Å². The van der Waals surface area contributed by atoms with Gasteiger partial charge in [-0.1, -0.05) is 29.4 Å². The molecule has 0 amide bonds. The average molecular weight is 287 g/mol. The molecule has 2 aromatic rings. The lowest BCUT2D eigenvalue weighted by Crippen LogP contribution is -2.00. The number of fused-ring (bicyclic) bond motifs is 2. The van der Waals surface area contributed by atoms with Crippen LogP contribution in [0.3, 0.4) is 0 Å². The summed E-state index contributed by atoms with van der Waals surface area (Å²) >= 11 is 8.85. The van der Waals surface area contributed by atoms with Crippen LogP contribution in [0.2, 0.25) is 4.34 Å². The van der Waals surface area contributed by atoms with E-state index >= 15 is 0 Å². The number of rotatable bonds is 0. The fourth-order valence-electron chi connectivity index (χ4n) is 1.88. The zero-order valence-corrected chi connectivity index (χ0v) is 11.0. The molecule has 0 bridgehead atoms. The third-order valence-electron chi connectivity index (χ3n) is 2.70. The van der Waals surface area contributed by atoms with Crippen LogP contribution in [0.4, 0.5) is 4.39 Å². The molecule has 0 saturated carbocycles. The van der Waals surface area contributed by atoms with E-state index in [1.807, 2.05) is 0 Å². The Labute approximate surface area is 111 Å². The summed E-state index contributed by atoms with van der Waals surface area (Å²) in [4.78, 5) is 0.862. The minimum Gasteiger partial charge on any atom is -0.388 e. The van der Waals surface area contributed by atoms with Gasteiger partial charge in [-0.2, -0.15) is 0 Å². The van der Waals surface area contributed by atoms with Crippen LogP contribution < -0.4 is 0 Å². The average Bonchev–Trinajstić information content (AvgIpc) is 2.58. The summed E-state index contributed by atoms with van der Waals surface area (Å²) in [5, 5.41) is 10.1. The van der Waals surface area contributed by atoms with E-state index in [4.69, 9.17) is 11.6 Å². The molecule has 1 nitrogen and oxygen atoms in total. The van der Waals surface area contributed by atoms with Gasteiger partial charge >= 0.3 is 0 Å². The number of hydrogen-bond acceptors (Lipinski definition) is 3. The third kappa shape index (κ3) is 2.10. The minimum atomic E-state index is -0.562. The van der Waals surface area contributed by atoms with Crippen LogP contribution in [0.5, 0.6) is 0 Å². The Morgan fingerprint density at radius 3 is 3.00 bits per heavy atom. The smallest absolute Gasteiger partial charge is 0.124 e. The standard InChI is InChI=1S/C12H8ClFOS2/c13-11-5-8-9(15)3-6-1-2-7(14)4-10(6)16-12(8)17-11/h1-2,4-5,9,15H,3H2. The highest BCUT2D eigenvalue weighted by atomic mass is 35.5. The lowest BCUT2D eigenvalue weighted by Gasteiger charge is -2.07. The van der Waals surface area contributed by atoms with Crippen molar-refractivity contribution in [1.29, 1.82) is 0 Å². The van der Waals surface area contributed by atoms with Gasteiger partial charge in [0.2, 0.25) is 0 Å². The summed E-state index contributed by atoms with van der Waals surface area (Å²) in [7, 11) is 0. The summed E-state index contributed by atoms with van der Waals surface area (Å²) in [6.07, 6.45) is -0.0594. The molecule has 1 aromatic heterocycles. The molecule has 0 fully saturated rings. The van der Waals surface area contributed by atoms with Gasteiger partial charge in [-0.15, -0.1) is 11.3 Å². The number of benzene rings is 1. The summed E-state index contributed by atoms with van der Waals surface area (Å²) in [6.45, 7) is 0. The van der Waals surface area contributed by atoms with E-state index in [0.717, 1.165) is 20.2 Å². The number of aliphatic hydroxyl groups excluding tert-OH is 1. The topological polar surface area (TPSA) is 20.2 Å². The van der Waals surface area contributed by atoms with Gasteiger partial charge in [0.1, 0.15) is 5.82 Å². The second-order valence-electron chi connectivity index (χ2n) is 3.87. The van der Waals surface area contributed by atoms with E-state index in [-0.39, 0.29) is 5.82 Å². The molecule has 0 spiro atoms. The molecular formula is C12H8ClFOS2. The Hall–Kier alpha value is -0.550. The van der Waals surface area contributed by atoms with E-state index in [0.29, 0.717) is 10.8 Å². The highest BCUT2D eigenvalue weighted by Gasteiger charge is 2.23. The molecule has 0 saturated heterocycles. The molecule has 1 N–H and O–H groups in total. The van der Waals surface area contributed by atoms with Crippen LogP contribution in [0.15, 0.2) is 33.4 Å². The van der Waals surface area contributed by atoms with Crippen molar-refractivity contribution in [2.75, 3.05) is 0 Å². The Kier molecular flexibility index (Phi) is 2.91. The largest absolute Gasteiger partial charge is 0.388 e. The summed E-state index contributed by atoms with van der Waals surface area (Å²) in [6, 6.07) is 6.47. The number of halogens is 2. The maximum Gasteiger partial charge on any atom is 0.124 e. The van der Waals surface area contributed by atoms with E-state index in [1.165, 1.54) is 35.2 Å². The normalized spacial score (nSPS) is 18.4. The lowest BCUT2D eigenvalue weighted by molar-refractivity contribution is 0.176. The van der Waals surface area contributed by atoms with E-state index in [1.54, 1.807) is 12.1 Å².